The van der Waals surface area contributed by atoms with E-state index >= 15 is 0 Å². The molecule has 28 heavy (non-hydrogen) atoms. The summed E-state index contributed by atoms with van der Waals surface area (Å²) in [4.78, 5) is 22.5. The zero-order valence-electron chi connectivity index (χ0n) is 15.6. The third-order valence-corrected chi connectivity index (χ3v) is 4.17. The molecule has 138 valence electrons. The quantitative estimate of drug-likeness (QED) is 0.479. The second kappa shape index (κ2) is 9.34. The summed E-state index contributed by atoms with van der Waals surface area (Å²) in [5, 5.41) is 0. The van der Waals surface area contributed by atoms with Gasteiger partial charge in [0, 0.05) is 24.5 Å². The number of ether oxygens (including phenoxy) is 1. The van der Waals surface area contributed by atoms with Crippen LogP contribution in [0.15, 0.2) is 78.9 Å². The van der Waals surface area contributed by atoms with Crippen LogP contribution in [-0.2, 0) is 22.6 Å². The maximum atomic E-state index is 11.5. The molecule has 0 N–H and O–H groups in total. The highest BCUT2D eigenvalue weighted by Gasteiger charge is 2.08. The molecule has 3 heteroatoms. The molecule has 0 heterocycles. The van der Waals surface area contributed by atoms with E-state index in [2.05, 4.69) is 11.8 Å². The molecule has 0 aromatic heterocycles. The molecule has 3 aromatic carbocycles. The van der Waals surface area contributed by atoms with E-state index in [-0.39, 0.29) is 12.2 Å². The van der Waals surface area contributed by atoms with Gasteiger partial charge in [0.05, 0.1) is 0 Å². The van der Waals surface area contributed by atoms with Crippen molar-refractivity contribution in [2.24, 2.45) is 0 Å². The standard InChI is InChI=1S/C25H20O3/c1-19(26)25(27)17-22-11-9-20(10-12-22)7-8-21-13-15-24(16-14-21)28-18-23-5-3-2-4-6-23/h2-6,9-16H,17-18H2,1H3. The number of benzene rings is 3. The number of carbonyl (C=O) groups is 2. The third kappa shape index (κ3) is 5.69. The summed E-state index contributed by atoms with van der Waals surface area (Å²) in [6, 6.07) is 25.0. The zero-order chi connectivity index (χ0) is 19.8. The molecular formula is C25H20O3. The predicted molar refractivity (Wildman–Crippen MR) is 109 cm³/mol. The molecule has 0 amide bonds. The van der Waals surface area contributed by atoms with E-state index in [9.17, 15) is 9.59 Å². The van der Waals surface area contributed by atoms with Gasteiger partial charge in [-0.05, 0) is 47.5 Å². The topological polar surface area (TPSA) is 43.4 Å². The normalized spacial score (nSPS) is 9.89. The Bertz CT molecular complexity index is 1010. The first-order valence-corrected chi connectivity index (χ1v) is 9.02. The highest BCUT2D eigenvalue weighted by molar-refractivity contribution is 6.36. The second-order valence-electron chi connectivity index (χ2n) is 6.40. The first-order chi connectivity index (χ1) is 13.6. The molecule has 0 atom stereocenters. The van der Waals surface area contributed by atoms with Crippen molar-refractivity contribution >= 4 is 11.6 Å². The van der Waals surface area contributed by atoms with Crippen LogP contribution in [0.4, 0.5) is 0 Å². The van der Waals surface area contributed by atoms with Gasteiger partial charge in [-0.15, -0.1) is 0 Å². The summed E-state index contributed by atoms with van der Waals surface area (Å²) >= 11 is 0. The van der Waals surface area contributed by atoms with Gasteiger partial charge in [0.1, 0.15) is 12.4 Å². The fourth-order valence-corrected chi connectivity index (χ4v) is 2.54. The Hall–Kier alpha value is -3.64. The monoisotopic (exact) mass is 368 g/mol. The van der Waals surface area contributed by atoms with E-state index in [1.807, 2.05) is 78.9 Å². The lowest BCUT2D eigenvalue weighted by Gasteiger charge is -2.06. The molecule has 3 rings (SSSR count). The Morgan fingerprint density at radius 1 is 0.750 bits per heavy atom. The van der Waals surface area contributed by atoms with E-state index in [0.29, 0.717) is 6.61 Å². The van der Waals surface area contributed by atoms with Crippen molar-refractivity contribution in [1.29, 1.82) is 0 Å². The lowest BCUT2D eigenvalue weighted by molar-refractivity contribution is -0.134. The Kier molecular flexibility index (Phi) is 6.38. The molecule has 0 bridgehead atoms. The fourth-order valence-electron chi connectivity index (χ4n) is 2.54. The lowest BCUT2D eigenvalue weighted by atomic mass is 10.1. The Morgan fingerprint density at radius 2 is 1.32 bits per heavy atom. The van der Waals surface area contributed by atoms with Crippen LogP contribution in [0.2, 0.25) is 0 Å². The van der Waals surface area contributed by atoms with Crippen LogP contribution in [0.1, 0.15) is 29.2 Å². The Labute approximate surface area is 165 Å². The molecular weight excluding hydrogens is 348 g/mol. The summed E-state index contributed by atoms with van der Waals surface area (Å²) in [5.74, 6) is 6.21. The van der Waals surface area contributed by atoms with Crippen LogP contribution in [0, 0.1) is 11.8 Å². The number of carbonyl (C=O) groups excluding carboxylic acids is 2. The molecule has 0 saturated heterocycles. The van der Waals surface area contributed by atoms with Crippen LogP contribution in [-0.4, -0.2) is 11.6 Å². The minimum atomic E-state index is -0.417. The van der Waals surface area contributed by atoms with Gasteiger partial charge in [-0.3, -0.25) is 9.59 Å². The van der Waals surface area contributed by atoms with E-state index in [0.717, 1.165) is 28.0 Å². The van der Waals surface area contributed by atoms with E-state index in [4.69, 9.17) is 4.74 Å². The van der Waals surface area contributed by atoms with Crippen molar-refractivity contribution in [2.45, 2.75) is 20.0 Å². The third-order valence-electron chi connectivity index (χ3n) is 4.17. The van der Waals surface area contributed by atoms with E-state index in [1.165, 1.54) is 6.92 Å². The van der Waals surface area contributed by atoms with Crippen molar-refractivity contribution < 1.29 is 14.3 Å². The predicted octanol–water partition coefficient (Wildman–Crippen LogP) is 4.37. The van der Waals surface area contributed by atoms with Crippen molar-refractivity contribution in [2.75, 3.05) is 0 Å². The summed E-state index contributed by atoms with van der Waals surface area (Å²) in [6.45, 7) is 1.82. The van der Waals surface area contributed by atoms with Gasteiger partial charge in [0.25, 0.3) is 0 Å². The van der Waals surface area contributed by atoms with Crippen LogP contribution < -0.4 is 4.74 Å². The number of Topliss-reactive ketones (excluding diaryl/α,β-unsaturated/α-hetero) is 2. The first-order valence-electron chi connectivity index (χ1n) is 9.02. The first kappa shape index (κ1) is 19.1. The van der Waals surface area contributed by atoms with Crippen molar-refractivity contribution in [1.82, 2.24) is 0 Å². The minimum Gasteiger partial charge on any atom is -0.489 e. The summed E-state index contributed by atoms with van der Waals surface area (Å²) in [6.07, 6.45) is 0.132. The second-order valence-corrected chi connectivity index (χ2v) is 6.40. The molecule has 3 aromatic rings. The molecule has 0 unspecified atom stereocenters. The van der Waals surface area contributed by atoms with E-state index < -0.39 is 5.78 Å². The Morgan fingerprint density at radius 3 is 1.89 bits per heavy atom. The van der Waals surface area contributed by atoms with Gasteiger partial charge < -0.3 is 4.74 Å². The van der Waals surface area contributed by atoms with Crippen LogP contribution >= 0.6 is 0 Å². The molecule has 0 spiro atoms. The van der Waals surface area contributed by atoms with Gasteiger partial charge in [0.2, 0.25) is 5.78 Å². The molecule has 3 nitrogen and oxygen atoms in total. The zero-order valence-corrected chi connectivity index (χ0v) is 15.6. The maximum Gasteiger partial charge on any atom is 0.202 e. The van der Waals surface area contributed by atoms with Crippen molar-refractivity contribution in [3.8, 4) is 17.6 Å². The number of rotatable bonds is 6. The molecule has 0 aliphatic carbocycles. The minimum absolute atomic E-state index is 0.132. The van der Waals surface area contributed by atoms with Crippen molar-refractivity contribution in [3.05, 3.63) is 101 Å². The number of hydrogen-bond donors (Lipinski definition) is 0. The van der Waals surface area contributed by atoms with Crippen LogP contribution in [0.3, 0.4) is 0 Å². The highest BCUT2D eigenvalue weighted by atomic mass is 16.5. The SMILES string of the molecule is CC(=O)C(=O)Cc1ccc(C#Cc2ccc(OCc3ccccc3)cc2)cc1. The van der Waals surface area contributed by atoms with Crippen LogP contribution in [0.5, 0.6) is 5.75 Å². The van der Waals surface area contributed by atoms with Crippen LogP contribution in [0.25, 0.3) is 0 Å². The maximum absolute atomic E-state index is 11.5. The lowest BCUT2D eigenvalue weighted by Crippen LogP contribution is -2.12. The van der Waals surface area contributed by atoms with Gasteiger partial charge in [-0.25, -0.2) is 0 Å². The molecule has 0 radical (unpaired) electrons. The summed E-state index contributed by atoms with van der Waals surface area (Å²) < 4.78 is 5.77. The number of hydrogen-bond acceptors (Lipinski definition) is 3. The smallest absolute Gasteiger partial charge is 0.202 e. The van der Waals surface area contributed by atoms with Crippen molar-refractivity contribution in [3.63, 3.8) is 0 Å². The Balaban J connectivity index is 1.58. The molecule has 0 saturated carbocycles. The average Bonchev–Trinajstić information content (AvgIpc) is 2.73. The summed E-state index contributed by atoms with van der Waals surface area (Å²) in [5.41, 5.74) is 3.68. The summed E-state index contributed by atoms with van der Waals surface area (Å²) in [7, 11) is 0. The molecule has 0 aliphatic heterocycles. The van der Waals surface area contributed by atoms with Gasteiger partial charge in [-0.1, -0.05) is 54.3 Å². The van der Waals surface area contributed by atoms with E-state index in [1.54, 1.807) is 0 Å². The fraction of sp³-hybridized carbons (Fsp3) is 0.120. The average molecular weight is 368 g/mol. The molecule has 0 aliphatic rings. The van der Waals surface area contributed by atoms with Gasteiger partial charge >= 0.3 is 0 Å². The largest absolute Gasteiger partial charge is 0.489 e. The molecule has 0 fully saturated rings. The van der Waals surface area contributed by atoms with Gasteiger partial charge in [0.15, 0.2) is 5.78 Å². The highest BCUT2D eigenvalue weighted by Crippen LogP contribution is 2.14. The van der Waals surface area contributed by atoms with Gasteiger partial charge in [-0.2, -0.15) is 0 Å². The number of ketones is 2.